The SMILES string of the molecule is CCC(=O)OC1(C(=O)OC)CC1. The van der Waals surface area contributed by atoms with E-state index >= 15 is 0 Å². The fourth-order valence-corrected chi connectivity index (χ4v) is 0.937. The predicted molar refractivity (Wildman–Crippen MR) is 40.4 cm³/mol. The van der Waals surface area contributed by atoms with Crippen molar-refractivity contribution in [1.82, 2.24) is 0 Å². The summed E-state index contributed by atoms with van der Waals surface area (Å²) >= 11 is 0. The summed E-state index contributed by atoms with van der Waals surface area (Å²) in [5.74, 6) is -0.790. The van der Waals surface area contributed by atoms with E-state index in [0.29, 0.717) is 19.3 Å². The third-order valence-electron chi connectivity index (χ3n) is 1.86. The summed E-state index contributed by atoms with van der Waals surface area (Å²) in [5.41, 5.74) is -0.929. The van der Waals surface area contributed by atoms with Crippen LogP contribution in [0.15, 0.2) is 0 Å². The van der Waals surface area contributed by atoms with Crippen LogP contribution in [0.2, 0.25) is 0 Å². The van der Waals surface area contributed by atoms with Gasteiger partial charge in [0.15, 0.2) is 0 Å². The maximum Gasteiger partial charge on any atom is 0.350 e. The highest BCUT2D eigenvalue weighted by Crippen LogP contribution is 2.40. The van der Waals surface area contributed by atoms with Crippen molar-refractivity contribution in [3.8, 4) is 0 Å². The second kappa shape index (κ2) is 3.13. The highest BCUT2D eigenvalue weighted by atomic mass is 16.6. The van der Waals surface area contributed by atoms with Crippen LogP contribution in [0.4, 0.5) is 0 Å². The van der Waals surface area contributed by atoms with Crippen LogP contribution in [0, 0.1) is 0 Å². The van der Waals surface area contributed by atoms with E-state index in [-0.39, 0.29) is 5.97 Å². The molecule has 1 rings (SSSR count). The fourth-order valence-electron chi connectivity index (χ4n) is 0.937. The molecule has 4 nitrogen and oxygen atoms in total. The van der Waals surface area contributed by atoms with Gasteiger partial charge in [0.25, 0.3) is 0 Å². The van der Waals surface area contributed by atoms with Gasteiger partial charge in [0.1, 0.15) is 0 Å². The smallest absolute Gasteiger partial charge is 0.350 e. The van der Waals surface area contributed by atoms with Crippen LogP contribution in [0.5, 0.6) is 0 Å². The lowest BCUT2D eigenvalue weighted by Crippen LogP contribution is -2.30. The number of hydrogen-bond acceptors (Lipinski definition) is 4. The molecule has 0 heterocycles. The van der Waals surface area contributed by atoms with Gasteiger partial charge in [-0.3, -0.25) is 4.79 Å². The fraction of sp³-hybridized carbons (Fsp3) is 0.750. The minimum absolute atomic E-state index is 0.290. The lowest BCUT2D eigenvalue weighted by molar-refractivity contribution is -0.169. The molecule has 1 aliphatic carbocycles. The molecule has 1 aliphatic rings. The molecule has 0 atom stereocenters. The molecule has 0 spiro atoms. The quantitative estimate of drug-likeness (QED) is 0.586. The second-order valence-electron chi connectivity index (χ2n) is 2.81. The van der Waals surface area contributed by atoms with Gasteiger partial charge in [-0.05, 0) is 0 Å². The van der Waals surface area contributed by atoms with Gasteiger partial charge in [-0.25, -0.2) is 4.79 Å². The molecule has 0 aromatic heterocycles. The van der Waals surface area contributed by atoms with E-state index < -0.39 is 11.6 Å². The maximum atomic E-state index is 11.0. The van der Waals surface area contributed by atoms with Crippen LogP contribution in [0.3, 0.4) is 0 Å². The summed E-state index contributed by atoms with van der Waals surface area (Å²) in [6.07, 6.45) is 1.47. The first kappa shape index (κ1) is 9.03. The summed E-state index contributed by atoms with van der Waals surface area (Å²) in [7, 11) is 1.29. The summed E-state index contributed by atoms with van der Waals surface area (Å²) in [6, 6.07) is 0. The molecule has 68 valence electrons. The molecule has 0 unspecified atom stereocenters. The van der Waals surface area contributed by atoms with Crippen LogP contribution in [-0.2, 0) is 19.1 Å². The van der Waals surface area contributed by atoms with Crippen LogP contribution in [0.1, 0.15) is 26.2 Å². The number of rotatable bonds is 3. The zero-order valence-electron chi connectivity index (χ0n) is 7.25. The largest absolute Gasteiger partial charge is 0.466 e. The molecular weight excluding hydrogens is 160 g/mol. The first-order chi connectivity index (χ1) is 5.64. The first-order valence-electron chi connectivity index (χ1n) is 3.95. The molecule has 0 N–H and O–H groups in total. The highest BCUT2D eigenvalue weighted by Gasteiger charge is 2.55. The number of ether oxygens (including phenoxy) is 2. The molecule has 0 aromatic rings. The Morgan fingerprint density at radius 2 is 2.00 bits per heavy atom. The summed E-state index contributed by atoms with van der Waals surface area (Å²) in [4.78, 5) is 21.9. The standard InChI is InChI=1S/C8H12O4/c1-3-6(9)12-8(4-5-8)7(10)11-2/h3-5H2,1-2H3. The van der Waals surface area contributed by atoms with Crippen molar-refractivity contribution in [3.63, 3.8) is 0 Å². The van der Waals surface area contributed by atoms with Crippen molar-refractivity contribution in [3.05, 3.63) is 0 Å². The Labute approximate surface area is 70.8 Å². The normalized spacial score (nSPS) is 18.2. The van der Waals surface area contributed by atoms with Crippen molar-refractivity contribution in [1.29, 1.82) is 0 Å². The number of carbonyl (C=O) groups excluding carboxylic acids is 2. The summed E-state index contributed by atoms with van der Waals surface area (Å²) in [6.45, 7) is 1.69. The maximum absolute atomic E-state index is 11.0. The van der Waals surface area contributed by atoms with Crippen LogP contribution < -0.4 is 0 Å². The van der Waals surface area contributed by atoms with Crippen molar-refractivity contribution >= 4 is 11.9 Å². The monoisotopic (exact) mass is 172 g/mol. The van der Waals surface area contributed by atoms with Gasteiger partial charge in [-0.2, -0.15) is 0 Å². The zero-order valence-corrected chi connectivity index (χ0v) is 7.25. The first-order valence-corrected chi connectivity index (χ1v) is 3.95. The van der Waals surface area contributed by atoms with Crippen molar-refractivity contribution < 1.29 is 19.1 Å². The van der Waals surface area contributed by atoms with Gasteiger partial charge in [-0.15, -0.1) is 0 Å². The van der Waals surface area contributed by atoms with E-state index in [0.717, 1.165) is 0 Å². The molecule has 1 fully saturated rings. The number of methoxy groups -OCH3 is 1. The van der Waals surface area contributed by atoms with Crippen LogP contribution in [0.25, 0.3) is 0 Å². The van der Waals surface area contributed by atoms with E-state index in [1.54, 1.807) is 6.92 Å². The Hall–Kier alpha value is -1.06. The van der Waals surface area contributed by atoms with Gasteiger partial charge in [0.2, 0.25) is 5.60 Å². The Morgan fingerprint density at radius 1 is 1.42 bits per heavy atom. The van der Waals surface area contributed by atoms with Gasteiger partial charge in [0, 0.05) is 19.3 Å². The van der Waals surface area contributed by atoms with E-state index in [1.807, 2.05) is 0 Å². The van der Waals surface area contributed by atoms with Gasteiger partial charge in [0.05, 0.1) is 7.11 Å². The molecule has 12 heavy (non-hydrogen) atoms. The third kappa shape index (κ3) is 1.57. The topological polar surface area (TPSA) is 52.6 Å². The molecule has 1 saturated carbocycles. The van der Waals surface area contributed by atoms with Crippen molar-refractivity contribution in [2.24, 2.45) is 0 Å². The zero-order chi connectivity index (χ0) is 9.19. The van der Waals surface area contributed by atoms with Gasteiger partial charge >= 0.3 is 11.9 Å². The summed E-state index contributed by atoms with van der Waals surface area (Å²) in [5, 5.41) is 0. The number of carbonyl (C=O) groups is 2. The predicted octanol–water partition coefficient (Wildman–Crippen LogP) is 0.645. The average molecular weight is 172 g/mol. The molecular formula is C8H12O4. The Bertz CT molecular complexity index is 205. The van der Waals surface area contributed by atoms with Gasteiger partial charge < -0.3 is 9.47 Å². The Kier molecular flexibility index (Phi) is 2.35. The van der Waals surface area contributed by atoms with Crippen molar-refractivity contribution in [2.75, 3.05) is 7.11 Å². The second-order valence-corrected chi connectivity index (χ2v) is 2.81. The average Bonchev–Trinajstić information content (AvgIpc) is 2.84. The third-order valence-corrected chi connectivity index (χ3v) is 1.86. The number of hydrogen-bond donors (Lipinski definition) is 0. The minimum atomic E-state index is -0.929. The lowest BCUT2D eigenvalue weighted by atomic mass is 10.3. The molecule has 4 heteroatoms. The van der Waals surface area contributed by atoms with E-state index in [1.165, 1.54) is 7.11 Å². The summed E-state index contributed by atoms with van der Waals surface area (Å²) < 4.78 is 9.44. The molecule has 0 amide bonds. The Morgan fingerprint density at radius 3 is 2.33 bits per heavy atom. The number of esters is 2. The van der Waals surface area contributed by atoms with E-state index in [9.17, 15) is 9.59 Å². The van der Waals surface area contributed by atoms with Gasteiger partial charge in [-0.1, -0.05) is 6.92 Å². The molecule has 0 bridgehead atoms. The minimum Gasteiger partial charge on any atom is -0.466 e. The Balaban J connectivity index is 2.50. The van der Waals surface area contributed by atoms with Crippen LogP contribution in [-0.4, -0.2) is 24.6 Å². The molecule has 0 aliphatic heterocycles. The lowest BCUT2D eigenvalue weighted by Gasteiger charge is -2.12. The van der Waals surface area contributed by atoms with E-state index in [4.69, 9.17) is 4.74 Å². The molecule has 0 radical (unpaired) electrons. The van der Waals surface area contributed by atoms with E-state index in [2.05, 4.69) is 4.74 Å². The highest BCUT2D eigenvalue weighted by molar-refractivity contribution is 5.86. The van der Waals surface area contributed by atoms with Crippen molar-refractivity contribution in [2.45, 2.75) is 31.8 Å². The molecule has 0 aromatic carbocycles. The molecule has 0 saturated heterocycles. The van der Waals surface area contributed by atoms with Crippen LogP contribution >= 0.6 is 0 Å².